The molecule has 0 unspecified atom stereocenters. The number of rotatable bonds is 3. The average molecular weight is 276 g/mol. The molecule has 0 aromatic heterocycles. The van der Waals surface area contributed by atoms with Crippen LogP contribution >= 0.6 is 0 Å². The highest BCUT2D eigenvalue weighted by molar-refractivity contribution is 5.70. The van der Waals surface area contributed by atoms with E-state index < -0.39 is 17.5 Å². The molecule has 1 fully saturated rings. The first-order valence-corrected chi connectivity index (χ1v) is 5.63. The zero-order valence-corrected chi connectivity index (χ0v) is 10.6. The van der Waals surface area contributed by atoms with Crippen LogP contribution < -0.4 is 10.6 Å². The molecule has 106 valence electrons. The highest BCUT2D eigenvalue weighted by atomic mass is 19.4. The van der Waals surface area contributed by atoms with Crippen LogP contribution in [0.25, 0.3) is 0 Å². The molecule has 2 N–H and O–H groups in total. The van der Waals surface area contributed by atoms with Crippen molar-refractivity contribution in [1.82, 2.24) is 0 Å². The molecule has 1 aliphatic heterocycles. The summed E-state index contributed by atoms with van der Waals surface area (Å²) in [6, 6.07) is 3.33. The molecule has 1 aromatic carbocycles. The van der Waals surface area contributed by atoms with Crippen LogP contribution in [0.1, 0.15) is 5.56 Å². The van der Waals surface area contributed by atoms with E-state index in [1.807, 2.05) is 4.90 Å². The molecule has 19 heavy (non-hydrogen) atoms. The Kier molecular flexibility index (Phi) is 3.36. The lowest BCUT2D eigenvalue weighted by Crippen LogP contribution is -2.64. The summed E-state index contributed by atoms with van der Waals surface area (Å²) >= 11 is 0. The molecule has 0 spiro atoms. The van der Waals surface area contributed by atoms with Gasteiger partial charge in [-0.15, -0.1) is 0 Å². The Bertz CT molecular complexity index is 465. The second kappa shape index (κ2) is 4.57. The lowest BCUT2D eigenvalue weighted by molar-refractivity contribution is -0.219. The molecule has 1 heterocycles. The fraction of sp³-hybridized carbons (Fsp3) is 0.500. The molecule has 0 atom stereocenters. The number of nitrogens with two attached hydrogens (primary N) is 1. The van der Waals surface area contributed by atoms with Crippen molar-refractivity contribution in [3.8, 4) is 0 Å². The molecule has 0 bridgehead atoms. The van der Waals surface area contributed by atoms with Gasteiger partial charge in [-0.25, -0.2) is 0 Å². The third-order valence-corrected chi connectivity index (χ3v) is 3.30. The number of methoxy groups -OCH3 is 2. The second-order valence-corrected chi connectivity index (χ2v) is 4.45. The van der Waals surface area contributed by atoms with E-state index in [0.717, 1.165) is 12.1 Å². The number of benzene rings is 1. The van der Waals surface area contributed by atoms with Crippen molar-refractivity contribution in [2.45, 2.75) is 12.0 Å². The average Bonchev–Trinajstić information content (AvgIpc) is 2.29. The van der Waals surface area contributed by atoms with Crippen molar-refractivity contribution in [3.05, 3.63) is 23.8 Å². The topological polar surface area (TPSA) is 47.7 Å². The van der Waals surface area contributed by atoms with Gasteiger partial charge in [0, 0.05) is 14.2 Å². The number of nitrogens with zero attached hydrogens (tertiary/aromatic N) is 1. The molecule has 0 radical (unpaired) electrons. The van der Waals surface area contributed by atoms with E-state index in [1.165, 1.54) is 20.3 Å². The first-order chi connectivity index (χ1) is 8.81. The molecule has 7 heteroatoms. The number of hydrogen-bond acceptors (Lipinski definition) is 4. The Morgan fingerprint density at radius 1 is 1.21 bits per heavy atom. The lowest BCUT2D eigenvalue weighted by Gasteiger charge is -2.49. The third kappa shape index (κ3) is 2.48. The van der Waals surface area contributed by atoms with Crippen LogP contribution in [0.2, 0.25) is 0 Å². The number of nitrogen functional groups attached to an aromatic ring is 1. The van der Waals surface area contributed by atoms with Crippen LogP contribution in [0.5, 0.6) is 0 Å². The van der Waals surface area contributed by atoms with E-state index in [1.54, 1.807) is 0 Å². The highest BCUT2D eigenvalue weighted by Crippen LogP contribution is 2.37. The SMILES string of the molecule is COC1(OC)CN(c2ccc(C(F)(F)F)cc2N)C1. The Hall–Kier alpha value is -1.47. The van der Waals surface area contributed by atoms with Gasteiger partial charge in [0.15, 0.2) is 0 Å². The predicted molar refractivity (Wildman–Crippen MR) is 64.8 cm³/mol. The minimum atomic E-state index is -4.38. The van der Waals surface area contributed by atoms with Crippen molar-refractivity contribution in [1.29, 1.82) is 0 Å². The van der Waals surface area contributed by atoms with E-state index in [0.29, 0.717) is 18.8 Å². The summed E-state index contributed by atoms with van der Waals surface area (Å²) in [7, 11) is 3.05. The fourth-order valence-electron chi connectivity index (χ4n) is 2.07. The quantitative estimate of drug-likeness (QED) is 0.678. The van der Waals surface area contributed by atoms with Crippen LogP contribution in [0.4, 0.5) is 24.5 Å². The first kappa shape index (κ1) is 14.0. The van der Waals surface area contributed by atoms with E-state index in [9.17, 15) is 13.2 Å². The summed E-state index contributed by atoms with van der Waals surface area (Å²) in [5, 5.41) is 0. The van der Waals surface area contributed by atoms with Crippen molar-refractivity contribution < 1.29 is 22.6 Å². The van der Waals surface area contributed by atoms with Gasteiger partial charge in [0.1, 0.15) is 0 Å². The van der Waals surface area contributed by atoms with Gasteiger partial charge in [0.05, 0.1) is 30.0 Å². The van der Waals surface area contributed by atoms with Crippen LogP contribution in [-0.4, -0.2) is 33.1 Å². The number of hydrogen-bond donors (Lipinski definition) is 1. The fourth-order valence-corrected chi connectivity index (χ4v) is 2.07. The summed E-state index contributed by atoms with van der Waals surface area (Å²) < 4.78 is 48.0. The van der Waals surface area contributed by atoms with E-state index in [-0.39, 0.29) is 5.69 Å². The minimum absolute atomic E-state index is 0.0932. The van der Waals surface area contributed by atoms with Crippen molar-refractivity contribution in [2.24, 2.45) is 0 Å². The number of ether oxygens (including phenoxy) is 2. The maximum absolute atomic E-state index is 12.5. The van der Waals surface area contributed by atoms with E-state index in [2.05, 4.69) is 0 Å². The number of alkyl halides is 3. The molecular weight excluding hydrogens is 261 g/mol. The molecule has 1 aromatic rings. The predicted octanol–water partition coefficient (Wildman–Crippen LogP) is 2.10. The summed E-state index contributed by atoms with van der Waals surface area (Å²) in [6.07, 6.45) is -4.38. The summed E-state index contributed by atoms with van der Waals surface area (Å²) in [4.78, 5) is 1.81. The Labute approximate surface area is 108 Å². The van der Waals surface area contributed by atoms with Gasteiger partial charge in [0.2, 0.25) is 5.79 Å². The van der Waals surface area contributed by atoms with Crippen LogP contribution in [0.3, 0.4) is 0 Å². The smallest absolute Gasteiger partial charge is 0.397 e. The Balaban J connectivity index is 2.16. The maximum Gasteiger partial charge on any atom is 0.416 e. The maximum atomic E-state index is 12.5. The van der Waals surface area contributed by atoms with Crippen molar-refractivity contribution in [3.63, 3.8) is 0 Å². The normalized spacial score (nSPS) is 18.3. The van der Waals surface area contributed by atoms with Crippen molar-refractivity contribution in [2.75, 3.05) is 37.9 Å². The first-order valence-electron chi connectivity index (χ1n) is 5.63. The zero-order chi connectivity index (χ0) is 14.3. The number of halogens is 3. The zero-order valence-electron chi connectivity index (χ0n) is 10.6. The van der Waals surface area contributed by atoms with Gasteiger partial charge in [-0.3, -0.25) is 0 Å². The van der Waals surface area contributed by atoms with Gasteiger partial charge in [-0.2, -0.15) is 13.2 Å². The monoisotopic (exact) mass is 276 g/mol. The summed E-state index contributed by atoms with van der Waals surface area (Å²) in [5.74, 6) is -0.699. The molecule has 4 nitrogen and oxygen atoms in total. The third-order valence-electron chi connectivity index (χ3n) is 3.30. The van der Waals surface area contributed by atoms with Gasteiger partial charge in [-0.1, -0.05) is 0 Å². The summed E-state index contributed by atoms with van der Waals surface area (Å²) in [5.41, 5.74) is 5.57. The molecule has 2 rings (SSSR count). The Morgan fingerprint density at radius 3 is 2.21 bits per heavy atom. The second-order valence-electron chi connectivity index (χ2n) is 4.45. The van der Waals surface area contributed by atoms with Gasteiger partial charge >= 0.3 is 6.18 Å². The van der Waals surface area contributed by atoms with Crippen LogP contribution in [0, 0.1) is 0 Å². The minimum Gasteiger partial charge on any atom is -0.397 e. The van der Waals surface area contributed by atoms with Gasteiger partial charge in [-0.05, 0) is 18.2 Å². The molecule has 0 amide bonds. The molecule has 0 aliphatic carbocycles. The number of anilines is 2. The van der Waals surface area contributed by atoms with Gasteiger partial charge in [0.25, 0.3) is 0 Å². The lowest BCUT2D eigenvalue weighted by atomic mass is 10.0. The van der Waals surface area contributed by atoms with E-state index >= 15 is 0 Å². The molecule has 1 aliphatic rings. The largest absolute Gasteiger partial charge is 0.416 e. The molecular formula is C12H15F3N2O2. The van der Waals surface area contributed by atoms with Crippen LogP contribution in [0.15, 0.2) is 18.2 Å². The standard InChI is InChI=1S/C12H15F3N2O2/c1-18-11(19-2)6-17(7-11)10-4-3-8(5-9(10)16)12(13,14)15/h3-5H,6-7,16H2,1-2H3. The summed E-state index contributed by atoms with van der Waals surface area (Å²) in [6.45, 7) is 0.852. The van der Waals surface area contributed by atoms with Crippen molar-refractivity contribution >= 4 is 11.4 Å². The van der Waals surface area contributed by atoms with E-state index in [4.69, 9.17) is 15.2 Å². The van der Waals surface area contributed by atoms with Crippen LogP contribution in [-0.2, 0) is 15.7 Å². The highest BCUT2D eigenvalue weighted by Gasteiger charge is 2.44. The molecule has 1 saturated heterocycles. The Morgan fingerprint density at radius 2 is 1.79 bits per heavy atom. The molecule has 0 saturated carbocycles. The van der Waals surface area contributed by atoms with Gasteiger partial charge < -0.3 is 20.1 Å².